The fourth-order valence-corrected chi connectivity index (χ4v) is 2.06. The second kappa shape index (κ2) is 6.44. The van der Waals surface area contributed by atoms with E-state index in [1.54, 1.807) is 7.11 Å². The molecular weight excluding hydrogens is 252 g/mol. The third-order valence-electron chi connectivity index (χ3n) is 3.25. The van der Waals surface area contributed by atoms with Gasteiger partial charge in [0.15, 0.2) is 0 Å². The fraction of sp³-hybridized carbons (Fsp3) is 0.294. The Morgan fingerprint density at radius 2 is 1.80 bits per heavy atom. The van der Waals surface area contributed by atoms with Gasteiger partial charge in [0.05, 0.1) is 13.7 Å². The van der Waals surface area contributed by atoms with Crippen molar-refractivity contribution in [1.29, 1.82) is 0 Å². The van der Waals surface area contributed by atoms with E-state index in [1.807, 2.05) is 44.2 Å². The molecule has 0 radical (unpaired) electrons. The Bertz CT molecular complexity index is 591. The molecule has 0 heterocycles. The number of hydrogen-bond acceptors (Lipinski definition) is 3. The van der Waals surface area contributed by atoms with Gasteiger partial charge in [-0.1, -0.05) is 18.2 Å². The number of methoxy groups -OCH3 is 1. The van der Waals surface area contributed by atoms with Gasteiger partial charge < -0.3 is 14.6 Å². The molecule has 0 saturated heterocycles. The van der Waals surface area contributed by atoms with Crippen molar-refractivity contribution in [3.63, 3.8) is 0 Å². The summed E-state index contributed by atoms with van der Waals surface area (Å²) in [6, 6.07) is 11.7. The van der Waals surface area contributed by atoms with Gasteiger partial charge in [0.1, 0.15) is 18.1 Å². The maximum absolute atomic E-state index is 9.21. The molecule has 0 amide bonds. The number of hydrogen-bond donors (Lipinski definition) is 1. The van der Waals surface area contributed by atoms with Gasteiger partial charge in [-0.15, -0.1) is 0 Å². The Morgan fingerprint density at radius 3 is 2.50 bits per heavy atom. The molecule has 0 saturated carbocycles. The van der Waals surface area contributed by atoms with Gasteiger partial charge in [-0.25, -0.2) is 0 Å². The second-order valence-corrected chi connectivity index (χ2v) is 4.86. The monoisotopic (exact) mass is 272 g/mol. The van der Waals surface area contributed by atoms with Crippen LogP contribution in [-0.4, -0.2) is 12.2 Å². The van der Waals surface area contributed by atoms with Crippen LogP contribution < -0.4 is 9.47 Å². The molecule has 0 atom stereocenters. The highest BCUT2D eigenvalue weighted by molar-refractivity contribution is 5.39. The van der Waals surface area contributed by atoms with Crippen LogP contribution in [0.25, 0.3) is 0 Å². The first-order valence-electron chi connectivity index (χ1n) is 6.60. The van der Waals surface area contributed by atoms with Crippen molar-refractivity contribution in [2.45, 2.75) is 27.1 Å². The zero-order valence-electron chi connectivity index (χ0n) is 12.1. The summed E-state index contributed by atoms with van der Waals surface area (Å²) < 4.78 is 11.2. The summed E-state index contributed by atoms with van der Waals surface area (Å²) in [5, 5.41) is 9.21. The molecule has 20 heavy (non-hydrogen) atoms. The number of aliphatic hydroxyl groups is 1. The van der Waals surface area contributed by atoms with Crippen molar-refractivity contribution in [1.82, 2.24) is 0 Å². The van der Waals surface area contributed by atoms with E-state index in [0.29, 0.717) is 6.61 Å². The SMILES string of the molecule is COc1ccc(CO)cc1COc1cc(C)ccc1C. The third kappa shape index (κ3) is 3.31. The Hall–Kier alpha value is -2.00. The van der Waals surface area contributed by atoms with Crippen molar-refractivity contribution in [3.8, 4) is 11.5 Å². The Labute approximate surface area is 119 Å². The quantitative estimate of drug-likeness (QED) is 0.906. The predicted molar refractivity (Wildman–Crippen MR) is 79.2 cm³/mol. The van der Waals surface area contributed by atoms with Gasteiger partial charge in [0.25, 0.3) is 0 Å². The highest BCUT2D eigenvalue weighted by Crippen LogP contribution is 2.24. The molecule has 106 valence electrons. The van der Waals surface area contributed by atoms with Crippen molar-refractivity contribution < 1.29 is 14.6 Å². The van der Waals surface area contributed by atoms with E-state index < -0.39 is 0 Å². The van der Waals surface area contributed by atoms with Crippen LogP contribution in [0.3, 0.4) is 0 Å². The molecule has 2 aromatic carbocycles. The smallest absolute Gasteiger partial charge is 0.125 e. The molecule has 0 unspecified atom stereocenters. The minimum absolute atomic E-state index is 0.0144. The van der Waals surface area contributed by atoms with Crippen molar-refractivity contribution >= 4 is 0 Å². The van der Waals surface area contributed by atoms with Crippen molar-refractivity contribution in [3.05, 3.63) is 58.7 Å². The molecule has 0 fully saturated rings. The van der Waals surface area contributed by atoms with Gasteiger partial charge in [-0.3, -0.25) is 0 Å². The summed E-state index contributed by atoms with van der Waals surface area (Å²) in [6.45, 7) is 4.50. The molecule has 0 spiro atoms. The van der Waals surface area contributed by atoms with E-state index >= 15 is 0 Å². The molecule has 2 rings (SSSR count). The van der Waals surface area contributed by atoms with Crippen LogP contribution in [0.5, 0.6) is 11.5 Å². The molecule has 3 heteroatoms. The van der Waals surface area contributed by atoms with Gasteiger partial charge in [0, 0.05) is 5.56 Å². The third-order valence-corrected chi connectivity index (χ3v) is 3.25. The van der Waals surface area contributed by atoms with Crippen LogP contribution in [-0.2, 0) is 13.2 Å². The summed E-state index contributed by atoms with van der Waals surface area (Å²) in [5.74, 6) is 1.65. The Kier molecular flexibility index (Phi) is 4.64. The van der Waals surface area contributed by atoms with Crippen LogP contribution in [0.2, 0.25) is 0 Å². The zero-order valence-corrected chi connectivity index (χ0v) is 12.1. The van der Waals surface area contributed by atoms with E-state index in [0.717, 1.165) is 28.2 Å². The van der Waals surface area contributed by atoms with E-state index in [2.05, 4.69) is 6.07 Å². The van der Waals surface area contributed by atoms with Gasteiger partial charge >= 0.3 is 0 Å². The van der Waals surface area contributed by atoms with Gasteiger partial charge in [0.2, 0.25) is 0 Å². The summed E-state index contributed by atoms with van der Waals surface area (Å²) in [6.07, 6.45) is 0. The van der Waals surface area contributed by atoms with Gasteiger partial charge in [-0.05, 0) is 48.7 Å². The standard InChI is InChI=1S/C17H20O3/c1-12-4-5-13(2)17(8-12)20-11-15-9-14(10-18)6-7-16(15)19-3/h4-9,18H,10-11H2,1-3H3. The zero-order chi connectivity index (χ0) is 14.5. The lowest BCUT2D eigenvalue weighted by Crippen LogP contribution is -2.01. The highest BCUT2D eigenvalue weighted by atomic mass is 16.5. The molecule has 0 aliphatic carbocycles. The molecule has 0 aliphatic heterocycles. The number of rotatable bonds is 5. The largest absolute Gasteiger partial charge is 0.496 e. The lowest BCUT2D eigenvalue weighted by Gasteiger charge is -2.13. The van der Waals surface area contributed by atoms with E-state index in [1.165, 1.54) is 5.56 Å². The van der Waals surface area contributed by atoms with Crippen LogP contribution in [0.1, 0.15) is 22.3 Å². The maximum Gasteiger partial charge on any atom is 0.125 e. The molecule has 2 aromatic rings. The molecular formula is C17H20O3. The van der Waals surface area contributed by atoms with Crippen molar-refractivity contribution in [2.24, 2.45) is 0 Å². The fourth-order valence-electron chi connectivity index (χ4n) is 2.06. The summed E-state index contributed by atoms with van der Waals surface area (Å²) >= 11 is 0. The molecule has 0 aromatic heterocycles. The van der Waals surface area contributed by atoms with Crippen LogP contribution in [0, 0.1) is 13.8 Å². The number of aliphatic hydroxyl groups excluding tert-OH is 1. The minimum Gasteiger partial charge on any atom is -0.496 e. The van der Waals surface area contributed by atoms with Crippen LogP contribution in [0.4, 0.5) is 0 Å². The highest BCUT2D eigenvalue weighted by Gasteiger charge is 2.07. The Morgan fingerprint density at radius 1 is 1.00 bits per heavy atom. The lowest BCUT2D eigenvalue weighted by atomic mass is 10.1. The summed E-state index contributed by atoms with van der Waals surface area (Å²) in [4.78, 5) is 0. The van der Waals surface area contributed by atoms with Crippen LogP contribution in [0.15, 0.2) is 36.4 Å². The normalized spacial score (nSPS) is 10.4. The Balaban J connectivity index is 2.19. The average Bonchev–Trinajstić information content (AvgIpc) is 2.47. The number of benzene rings is 2. The van der Waals surface area contributed by atoms with Crippen LogP contribution >= 0.6 is 0 Å². The van der Waals surface area contributed by atoms with E-state index in [-0.39, 0.29) is 6.61 Å². The first kappa shape index (κ1) is 14.4. The second-order valence-electron chi connectivity index (χ2n) is 4.86. The first-order chi connectivity index (χ1) is 9.63. The first-order valence-corrected chi connectivity index (χ1v) is 6.60. The molecule has 3 nitrogen and oxygen atoms in total. The maximum atomic E-state index is 9.21. The molecule has 0 aliphatic rings. The van der Waals surface area contributed by atoms with Gasteiger partial charge in [-0.2, -0.15) is 0 Å². The number of aryl methyl sites for hydroxylation is 2. The minimum atomic E-state index is 0.0144. The topological polar surface area (TPSA) is 38.7 Å². The average molecular weight is 272 g/mol. The molecule has 0 bridgehead atoms. The van der Waals surface area contributed by atoms with E-state index in [4.69, 9.17) is 9.47 Å². The lowest BCUT2D eigenvalue weighted by molar-refractivity contribution is 0.278. The molecule has 1 N–H and O–H groups in total. The van der Waals surface area contributed by atoms with E-state index in [9.17, 15) is 5.11 Å². The number of ether oxygens (including phenoxy) is 2. The predicted octanol–water partition coefficient (Wildman–Crippen LogP) is 3.38. The summed E-state index contributed by atoms with van der Waals surface area (Å²) in [5.41, 5.74) is 4.06. The van der Waals surface area contributed by atoms with Crippen molar-refractivity contribution in [2.75, 3.05) is 7.11 Å². The summed E-state index contributed by atoms with van der Waals surface area (Å²) in [7, 11) is 1.63.